The normalized spacial score (nSPS) is 24.9. The van der Waals surface area contributed by atoms with Gasteiger partial charge in [0.05, 0.1) is 10.8 Å². The highest BCUT2D eigenvalue weighted by Crippen LogP contribution is 2.33. The molecule has 2 saturated heterocycles. The molecule has 0 bridgehead atoms. The highest BCUT2D eigenvalue weighted by Gasteiger charge is 2.42. The maximum Gasteiger partial charge on any atom is 0.393 e. The number of carbonyl (C=O) groups is 1. The van der Waals surface area contributed by atoms with Gasteiger partial charge in [0.1, 0.15) is 0 Å². The third kappa shape index (κ3) is 4.51. The first-order valence-corrected chi connectivity index (χ1v) is 11.0. The Balaban J connectivity index is 1.72. The number of alkyl halides is 3. The maximum atomic E-state index is 13.0. The number of piperidine rings is 2. The van der Waals surface area contributed by atoms with Gasteiger partial charge in [0, 0.05) is 31.7 Å². The zero-order valence-electron chi connectivity index (χ0n) is 15.8. The van der Waals surface area contributed by atoms with Gasteiger partial charge in [-0.3, -0.25) is 4.79 Å². The van der Waals surface area contributed by atoms with Crippen molar-refractivity contribution in [3.63, 3.8) is 0 Å². The smallest absolute Gasteiger partial charge is 0.338 e. The molecular formula is C19H25F3N2O3S. The van der Waals surface area contributed by atoms with Crippen LogP contribution in [0, 0.1) is 11.8 Å². The molecule has 2 aliphatic heterocycles. The van der Waals surface area contributed by atoms with Crippen LogP contribution in [0.3, 0.4) is 0 Å². The van der Waals surface area contributed by atoms with Crippen LogP contribution in [-0.2, 0) is 10.0 Å². The van der Waals surface area contributed by atoms with E-state index in [1.807, 2.05) is 6.92 Å². The molecule has 2 fully saturated rings. The molecule has 2 heterocycles. The van der Waals surface area contributed by atoms with E-state index < -0.39 is 28.0 Å². The molecule has 3 rings (SSSR count). The summed E-state index contributed by atoms with van der Waals surface area (Å²) in [6.45, 7) is 2.87. The minimum absolute atomic E-state index is 0.0265. The summed E-state index contributed by atoms with van der Waals surface area (Å²) in [7, 11) is -3.63. The lowest BCUT2D eigenvalue weighted by Crippen LogP contribution is -2.44. The summed E-state index contributed by atoms with van der Waals surface area (Å²) in [5.74, 6) is -1.71. The third-order valence-electron chi connectivity index (χ3n) is 5.53. The SMILES string of the molecule is CC1CCCN(S(=O)(=O)c2ccc(C(=O)N3CCCC(C(F)(F)F)C3)cc2)C1. The summed E-state index contributed by atoms with van der Waals surface area (Å²) in [6.07, 6.45) is -2.18. The number of amides is 1. The molecule has 1 aromatic rings. The molecule has 0 spiro atoms. The van der Waals surface area contributed by atoms with E-state index in [4.69, 9.17) is 0 Å². The van der Waals surface area contributed by atoms with Crippen molar-refractivity contribution in [2.45, 2.75) is 43.7 Å². The van der Waals surface area contributed by atoms with Gasteiger partial charge in [-0.2, -0.15) is 17.5 Å². The number of nitrogens with zero attached hydrogens (tertiary/aromatic N) is 2. The number of rotatable bonds is 3. The van der Waals surface area contributed by atoms with Crippen LogP contribution in [-0.4, -0.2) is 55.9 Å². The predicted octanol–water partition coefficient (Wildman–Crippen LogP) is 3.52. The van der Waals surface area contributed by atoms with E-state index in [0.29, 0.717) is 25.4 Å². The Morgan fingerprint density at radius 2 is 1.68 bits per heavy atom. The van der Waals surface area contributed by atoms with Crippen molar-refractivity contribution < 1.29 is 26.4 Å². The molecule has 2 aliphatic rings. The van der Waals surface area contributed by atoms with Crippen molar-refractivity contribution in [2.24, 2.45) is 11.8 Å². The standard InChI is InChI=1S/C19H25F3N2O3S/c1-14-4-2-11-24(12-14)28(26,27)17-8-6-15(7-9-17)18(25)23-10-3-5-16(13-23)19(20,21)22/h6-9,14,16H,2-5,10-13H2,1H3. The highest BCUT2D eigenvalue weighted by atomic mass is 32.2. The molecule has 28 heavy (non-hydrogen) atoms. The van der Waals surface area contributed by atoms with E-state index in [1.54, 1.807) is 0 Å². The minimum atomic E-state index is -4.32. The summed E-state index contributed by atoms with van der Waals surface area (Å²) in [5, 5.41) is 0. The molecule has 1 amide bonds. The second-order valence-corrected chi connectivity index (χ2v) is 9.70. The van der Waals surface area contributed by atoms with E-state index in [1.165, 1.54) is 33.5 Å². The molecule has 2 atom stereocenters. The maximum absolute atomic E-state index is 13.0. The van der Waals surface area contributed by atoms with Crippen LogP contribution in [0.4, 0.5) is 13.2 Å². The number of benzene rings is 1. The predicted molar refractivity (Wildman–Crippen MR) is 98.3 cm³/mol. The van der Waals surface area contributed by atoms with Crippen LogP contribution < -0.4 is 0 Å². The van der Waals surface area contributed by atoms with Crippen molar-refractivity contribution in [2.75, 3.05) is 26.2 Å². The first-order chi connectivity index (χ1) is 13.1. The summed E-state index contributed by atoms with van der Waals surface area (Å²) in [6, 6.07) is 5.51. The molecule has 2 unspecified atom stereocenters. The average Bonchev–Trinajstić information content (AvgIpc) is 2.67. The quantitative estimate of drug-likeness (QED) is 0.755. The Morgan fingerprint density at radius 3 is 2.29 bits per heavy atom. The van der Waals surface area contributed by atoms with Crippen LogP contribution >= 0.6 is 0 Å². The van der Waals surface area contributed by atoms with Gasteiger partial charge in [-0.05, 0) is 55.9 Å². The van der Waals surface area contributed by atoms with Gasteiger partial charge in [0.15, 0.2) is 0 Å². The van der Waals surface area contributed by atoms with Gasteiger partial charge in [-0.1, -0.05) is 6.92 Å². The van der Waals surface area contributed by atoms with Crippen LogP contribution in [0.5, 0.6) is 0 Å². The van der Waals surface area contributed by atoms with Gasteiger partial charge < -0.3 is 4.90 Å². The molecule has 5 nitrogen and oxygen atoms in total. The highest BCUT2D eigenvalue weighted by molar-refractivity contribution is 7.89. The van der Waals surface area contributed by atoms with Gasteiger partial charge in [-0.25, -0.2) is 8.42 Å². The van der Waals surface area contributed by atoms with Gasteiger partial charge in [-0.15, -0.1) is 0 Å². The molecule has 0 saturated carbocycles. The van der Waals surface area contributed by atoms with Crippen LogP contribution in [0.1, 0.15) is 43.0 Å². The van der Waals surface area contributed by atoms with Crippen LogP contribution in [0.2, 0.25) is 0 Å². The molecule has 1 aromatic carbocycles. The van der Waals surface area contributed by atoms with Crippen molar-refractivity contribution in [3.05, 3.63) is 29.8 Å². The zero-order chi connectivity index (χ0) is 20.5. The number of halogens is 3. The molecular weight excluding hydrogens is 393 g/mol. The van der Waals surface area contributed by atoms with E-state index in [2.05, 4.69) is 0 Å². The van der Waals surface area contributed by atoms with E-state index in [0.717, 1.165) is 12.8 Å². The Kier molecular flexibility index (Phi) is 6.05. The van der Waals surface area contributed by atoms with Crippen molar-refractivity contribution >= 4 is 15.9 Å². The topological polar surface area (TPSA) is 57.7 Å². The fourth-order valence-electron chi connectivity index (χ4n) is 3.89. The molecule has 0 aromatic heterocycles. The molecule has 0 aliphatic carbocycles. The Morgan fingerprint density at radius 1 is 1.04 bits per heavy atom. The van der Waals surface area contributed by atoms with Gasteiger partial charge in [0.2, 0.25) is 10.0 Å². The second-order valence-electron chi connectivity index (χ2n) is 7.77. The number of hydrogen-bond acceptors (Lipinski definition) is 3. The number of hydrogen-bond donors (Lipinski definition) is 0. The lowest BCUT2D eigenvalue weighted by Gasteiger charge is -2.33. The summed E-state index contributed by atoms with van der Waals surface area (Å²) in [5.41, 5.74) is 0.203. The van der Waals surface area contributed by atoms with Crippen LogP contribution in [0.15, 0.2) is 29.2 Å². The fraction of sp³-hybridized carbons (Fsp3) is 0.632. The van der Waals surface area contributed by atoms with E-state index in [-0.39, 0.29) is 30.0 Å². The first-order valence-electron chi connectivity index (χ1n) is 9.55. The molecule has 156 valence electrons. The Hall–Kier alpha value is -1.61. The number of sulfonamides is 1. The fourth-order valence-corrected chi connectivity index (χ4v) is 5.49. The van der Waals surface area contributed by atoms with Crippen molar-refractivity contribution in [1.82, 2.24) is 9.21 Å². The zero-order valence-corrected chi connectivity index (χ0v) is 16.6. The average molecular weight is 418 g/mol. The molecule has 9 heteroatoms. The van der Waals surface area contributed by atoms with E-state index in [9.17, 15) is 26.4 Å². The van der Waals surface area contributed by atoms with Crippen LogP contribution in [0.25, 0.3) is 0 Å². The van der Waals surface area contributed by atoms with Crippen molar-refractivity contribution in [1.29, 1.82) is 0 Å². The summed E-state index contributed by atoms with van der Waals surface area (Å²) < 4.78 is 65.9. The first kappa shape index (κ1) is 21.1. The molecule has 0 radical (unpaired) electrons. The third-order valence-corrected chi connectivity index (χ3v) is 7.41. The number of likely N-dealkylation sites (tertiary alicyclic amines) is 1. The van der Waals surface area contributed by atoms with E-state index >= 15 is 0 Å². The van der Waals surface area contributed by atoms with Gasteiger partial charge >= 0.3 is 6.18 Å². The summed E-state index contributed by atoms with van der Waals surface area (Å²) >= 11 is 0. The number of carbonyl (C=O) groups excluding carboxylic acids is 1. The monoisotopic (exact) mass is 418 g/mol. The molecule has 0 N–H and O–H groups in total. The summed E-state index contributed by atoms with van der Waals surface area (Å²) in [4.78, 5) is 13.9. The van der Waals surface area contributed by atoms with Gasteiger partial charge in [0.25, 0.3) is 5.91 Å². The largest absolute Gasteiger partial charge is 0.393 e. The Bertz CT molecular complexity index is 809. The lowest BCUT2D eigenvalue weighted by molar-refractivity contribution is -0.184. The minimum Gasteiger partial charge on any atom is -0.338 e. The lowest BCUT2D eigenvalue weighted by atomic mass is 9.97. The second kappa shape index (κ2) is 8.02. The van der Waals surface area contributed by atoms with Crippen molar-refractivity contribution in [3.8, 4) is 0 Å². The Labute approximate surface area is 163 Å².